The zero-order chi connectivity index (χ0) is 25.7. The highest BCUT2D eigenvalue weighted by molar-refractivity contribution is 6.46. The van der Waals surface area contributed by atoms with E-state index in [1.807, 2.05) is 0 Å². The topological polar surface area (TPSA) is 123 Å². The number of unbranched alkanes of at least 4 members (excludes halogenated alkanes) is 1. The van der Waals surface area contributed by atoms with Crippen molar-refractivity contribution in [2.75, 3.05) is 6.61 Å². The van der Waals surface area contributed by atoms with Gasteiger partial charge in [0.05, 0.1) is 23.1 Å². The van der Waals surface area contributed by atoms with E-state index in [-0.39, 0.29) is 23.6 Å². The summed E-state index contributed by atoms with van der Waals surface area (Å²) in [6.45, 7) is 2.65. The Balaban J connectivity index is 1.79. The van der Waals surface area contributed by atoms with Crippen molar-refractivity contribution in [3.05, 3.63) is 105 Å². The molecule has 0 bridgehead atoms. The van der Waals surface area contributed by atoms with Crippen LogP contribution in [-0.4, -0.2) is 38.2 Å². The number of nitrogens with zero attached hydrogens (tertiary/aromatic N) is 3. The van der Waals surface area contributed by atoms with Crippen LogP contribution in [0.25, 0.3) is 5.76 Å². The van der Waals surface area contributed by atoms with Crippen molar-refractivity contribution in [1.29, 1.82) is 0 Å². The number of aliphatic hydroxyl groups is 1. The van der Waals surface area contributed by atoms with Gasteiger partial charge in [0.1, 0.15) is 11.5 Å². The maximum absolute atomic E-state index is 13.2. The zero-order valence-corrected chi connectivity index (χ0v) is 19.7. The smallest absolute Gasteiger partial charge is 0.295 e. The summed E-state index contributed by atoms with van der Waals surface area (Å²) in [6.07, 6.45) is 5.00. The van der Waals surface area contributed by atoms with Gasteiger partial charge in [0.2, 0.25) is 0 Å². The van der Waals surface area contributed by atoms with E-state index in [0.717, 1.165) is 18.4 Å². The van der Waals surface area contributed by atoms with E-state index in [0.29, 0.717) is 23.5 Å². The quantitative estimate of drug-likeness (QED) is 0.115. The van der Waals surface area contributed by atoms with Crippen LogP contribution < -0.4 is 4.74 Å². The molecule has 1 aromatic heterocycles. The van der Waals surface area contributed by atoms with Gasteiger partial charge in [0, 0.05) is 36.6 Å². The second-order valence-corrected chi connectivity index (χ2v) is 8.36. The summed E-state index contributed by atoms with van der Waals surface area (Å²) < 4.78 is 5.73. The number of likely N-dealkylation sites (tertiary alicyclic amines) is 1. The molecule has 1 aliphatic heterocycles. The van der Waals surface area contributed by atoms with Gasteiger partial charge in [-0.25, -0.2) is 0 Å². The Hall–Kier alpha value is -4.53. The Morgan fingerprint density at radius 2 is 1.83 bits per heavy atom. The first kappa shape index (κ1) is 24.6. The monoisotopic (exact) mass is 487 g/mol. The first-order chi connectivity index (χ1) is 17.4. The molecule has 0 radical (unpaired) electrons. The van der Waals surface area contributed by atoms with Gasteiger partial charge in [-0.15, -0.1) is 0 Å². The Labute approximate surface area is 207 Å². The second-order valence-electron chi connectivity index (χ2n) is 8.36. The van der Waals surface area contributed by atoms with Crippen molar-refractivity contribution in [2.24, 2.45) is 0 Å². The van der Waals surface area contributed by atoms with Crippen molar-refractivity contribution in [3.8, 4) is 5.75 Å². The average Bonchev–Trinajstić information content (AvgIpc) is 3.14. The molecule has 2 heterocycles. The first-order valence-electron chi connectivity index (χ1n) is 11.6. The largest absolute Gasteiger partial charge is 0.507 e. The molecule has 0 spiro atoms. The van der Waals surface area contributed by atoms with E-state index >= 15 is 0 Å². The predicted octanol–water partition coefficient (Wildman–Crippen LogP) is 4.79. The van der Waals surface area contributed by atoms with Gasteiger partial charge >= 0.3 is 0 Å². The number of hydrogen-bond acceptors (Lipinski definition) is 7. The molecule has 1 unspecified atom stereocenters. The molecule has 1 atom stereocenters. The molecule has 36 heavy (non-hydrogen) atoms. The molecule has 3 aromatic rings. The molecule has 1 saturated heterocycles. The van der Waals surface area contributed by atoms with Crippen LogP contribution in [0.1, 0.15) is 42.5 Å². The number of ketones is 1. The number of carbonyl (C=O) groups excluding carboxylic acids is 2. The highest BCUT2D eigenvalue weighted by Gasteiger charge is 2.46. The summed E-state index contributed by atoms with van der Waals surface area (Å²) in [5.41, 5.74) is 1.32. The molecule has 0 aliphatic carbocycles. The fourth-order valence-electron chi connectivity index (χ4n) is 4.08. The molecule has 2 aromatic carbocycles. The number of aliphatic hydroxyl groups excluding tert-OH is 1. The lowest BCUT2D eigenvalue weighted by atomic mass is 9.95. The summed E-state index contributed by atoms with van der Waals surface area (Å²) in [5.74, 6) is -1.41. The fourth-order valence-corrected chi connectivity index (χ4v) is 4.08. The summed E-state index contributed by atoms with van der Waals surface area (Å²) in [5, 5.41) is 22.4. The Morgan fingerprint density at radius 3 is 2.50 bits per heavy atom. The maximum atomic E-state index is 13.2. The molecule has 1 fully saturated rings. The van der Waals surface area contributed by atoms with Gasteiger partial charge in [0.15, 0.2) is 0 Å². The lowest BCUT2D eigenvalue weighted by Gasteiger charge is -2.25. The minimum absolute atomic E-state index is 0.0890. The third kappa shape index (κ3) is 5.10. The van der Waals surface area contributed by atoms with Gasteiger partial charge in [-0.05, 0) is 53.9 Å². The number of hydrogen-bond donors (Lipinski definition) is 1. The van der Waals surface area contributed by atoms with Gasteiger partial charge in [-0.1, -0.05) is 25.5 Å². The Bertz CT molecular complexity index is 1300. The minimum Gasteiger partial charge on any atom is -0.507 e. The van der Waals surface area contributed by atoms with Crippen molar-refractivity contribution in [1.82, 2.24) is 9.88 Å². The predicted molar refractivity (Wildman–Crippen MR) is 132 cm³/mol. The van der Waals surface area contributed by atoms with Crippen LogP contribution >= 0.6 is 0 Å². The van der Waals surface area contributed by atoms with Crippen LogP contribution in [0.4, 0.5) is 5.69 Å². The minimum atomic E-state index is -0.941. The van der Waals surface area contributed by atoms with Gasteiger partial charge in [-0.3, -0.25) is 24.7 Å². The van der Waals surface area contributed by atoms with Crippen LogP contribution in [0, 0.1) is 10.1 Å². The number of rotatable bonds is 9. The maximum Gasteiger partial charge on any atom is 0.295 e. The summed E-state index contributed by atoms with van der Waals surface area (Å²) in [7, 11) is 0. The van der Waals surface area contributed by atoms with E-state index in [9.17, 15) is 24.8 Å². The normalized spacial score (nSPS) is 16.8. The molecular formula is C27H25N3O6. The van der Waals surface area contributed by atoms with E-state index in [1.165, 1.54) is 29.2 Å². The molecule has 9 nitrogen and oxygen atoms in total. The molecule has 4 rings (SSSR count). The van der Waals surface area contributed by atoms with Crippen molar-refractivity contribution in [2.45, 2.75) is 32.4 Å². The number of benzene rings is 2. The van der Waals surface area contributed by atoms with E-state index < -0.39 is 22.7 Å². The van der Waals surface area contributed by atoms with Crippen molar-refractivity contribution in [3.63, 3.8) is 0 Å². The zero-order valence-electron chi connectivity index (χ0n) is 19.7. The van der Waals surface area contributed by atoms with Crippen LogP contribution in [0.5, 0.6) is 5.75 Å². The fraction of sp³-hybridized carbons (Fsp3) is 0.222. The average molecular weight is 488 g/mol. The number of pyridine rings is 1. The Morgan fingerprint density at radius 1 is 1.11 bits per heavy atom. The van der Waals surface area contributed by atoms with Crippen LogP contribution in [0.15, 0.2) is 78.6 Å². The molecule has 184 valence electrons. The van der Waals surface area contributed by atoms with E-state index in [2.05, 4.69) is 11.9 Å². The summed E-state index contributed by atoms with van der Waals surface area (Å²) >= 11 is 0. The molecular weight excluding hydrogens is 462 g/mol. The van der Waals surface area contributed by atoms with E-state index in [1.54, 1.807) is 48.8 Å². The summed E-state index contributed by atoms with van der Waals surface area (Å²) in [6, 6.07) is 14.8. The van der Waals surface area contributed by atoms with Crippen LogP contribution in [0.3, 0.4) is 0 Å². The highest BCUT2D eigenvalue weighted by Crippen LogP contribution is 2.41. The molecule has 1 N–H and O–H groups in total. The van der Waals surface area contributed by atoms with Gasteiger partial charge < -0.3 is 14.7 Å². The third-order valence-corrected chi connectivity index (χ3v) is 5.94. The molecule has 1 amide bonds. The second kappa shape index (κ2) is 10.8. The number of carbonyl (C=O) groups is 2. The van der Waals surface area contributed by atoms with Gasteiger partial charge in [-0.2, -0.15) is 0 Å². The van der Waals surface area contributed by atoms with Gasteiger partial charge in [0.25, 0.3) is 17.4 Å². The SMILES string of the molecule is CCCCOc1cccc(C(O)=C2C(=O)C(=O)N(Cc3ccncc3)C2c2ccc([N+](=O)[O-])cc2)c1. The molecule has 1 aliphatic rings. The summed E-state index contributed by atoms with van der Waals surface area (Å²) in [4.78, 5) is 42.3. The van der Waals surface area contributed by atoms with Crippen LogP contribution in [0.2, 0.25) is 0 Å². The van der Waals surface area contributed by atoms with Crippen molar-refractivity contribution >= 4 is 23.1 Å². The number of ether oxygens (including phenoxy) is 1. The number of amides is 1. The molecule has 9 heteroatoms. The van der Waals surface area contributed by atoms with Crippen LogP contribution in [-0.2, 0) is 16.1 Å². The lowest BCUT2D eigenvalue weighted by Crippen LogP contribution is -2.29. The highest BCUT2D eigenvalue weighted by atomic mass is 16.6. The van der Waals surface area contributed by atoms with E-state index in [4.69, 9.17) is 4.74 Å². The third-order valence-electron chi connectivity index (χ3n) is 5.94. The first-order valence-corrected chi connectivity index (χ1v) is 11.6. The number of nitro groups is 1. The molecule has 0 saturated carbocycles. The number of non-ortho nitro benzene ring substituents is 1. The lowest BCUT2D eigenvalue weighted by molar-refractivity contribution is -0.384. The van der Waals surface area contributed by atoms with Crippen molar-refractivity contribution < 1.29 is 24.4 Å². The number of nitro benzene ring substituents is 1. The standard InChI is InChI=1S/C27H25N3O6/c1-2-3-15-36-22-6-4-5-20(16-22)25(31)23-24(19-7-9-21(10-8-19)30(34)35)29(27(33)26(23)32)17-18-11-13-28-14-12-18/h4-14,16,24,31H,2-3,15,17H2,1H3. The number of aromatic nitrogens is 1. The number of Topliss-reactive ketones (excluding diaryl/α,β-unsaturated/α-hetero) is 1. The Kier molecular flexibility index (Phi) is 7.39.